The fourth-order valence-electron chi connectivity index (χ4n) is 3.10. The topological polar surface area (TPSA) is 63.7 Å². The monoisotopic (exact) mass is 373 g/mol. The highest BCUT2D eigenvalue weighted by Crippen LogP contribution is 2.19. The Kier molecular flexibility index (Phi) is 5.74. The zero-order valence-corrected chi connectivity index (χ0v) is 15.6. The molecule has 5 nitrogen and oxygen atoms in total. The van der Waals surface area contributed by atoms with Crippen LogP contribution in [0.4, 0.5) is 0 Å². The van der Waals surface area contributed by atoms with Gasteiger partial charge in [-0.1, -0.05) is 36.4 Å². The minimum Gasteiger partial charge on any atom is -0.376 e. The van der Waals surface area contributed by atoms with E-state index in [-0.39, 0.29) is 16.9 Å². The highest BCUT2D eigenvalue weighted by Gasteiger charge is 2.24. The van der Waals surface area contributed by atoms with Gasteiger partial charge in [-0.2, -0.15) is 0 Å². The van der Waals surface area contributed by atoms with Crippen molar-refractivity contribution in [1.82, 2.24) is 4.90 Å². The summed E-state index contributed by atoms with van der Waals surface area (Å²) in [5.74, 6) is -0.185. The molecular formula is C20H23NO4S. The van der Waals surface area contributed by atoms with E-state index in [4.69, 9.17) is 4.74 Å². The van der Waals surface area contributed by atoms with E-state index in [0.29, 0.717) is 18.7 Å². The Morgan fingerprint density at radius 1 is 1.15 bits per heavy atom. The van der Waals surface area contributed by atoms with Crippen molar-refractivity contribution in [1.29, 1.82) is 0 Å². The molecular weight excluding hydrogens is 350 g/mol. The number of nitrogens with zero attached hydrogens (tertiary/aromatic N) is 1. The highest BCUT2D eigenvalue weighted by molar-refractivity contribution is 7.90. The molecule has 1 amide bonds. The van der Waals surface area contributed by atoms with Gasteiger partial charge >= 0.3 is 0 Å². The van der Waals surface area contributed by atoms with Crippen LogP contribution in [0.25, 0.3) is 0 Å². The molecule has 26 heavy (non-hydrogen) atoms. The van der Waals surface area contributed by atoms with Gasteiger partial charge in [0, 0.05) is 31.5 Å². The lowest BCUT2D eigenvalue weighted by Gasteiger charge is -2.26. The molecule has 0 spiro atoms. The van der Waals surface area contributed by atoms with Crippen LogP contribution in [0.1, 0.15) is 28.8 Å². The number of hydrogen-bond acceptors (Lipinski definition) is 4. The number of rotatable bonds is 6. The van der Waals surface area contributed by atoms with Crippen LogP contribution in [0.2, 0.25) is 0 Å². The third-order valence-electron chi connectivity index (χ3n) is 4.46. The summed E-state index contributed by atoms with van der Waals surface area (Å²) in [7, 11) is -3.36. The van der Waals surface area contributed by atoms with Crippen LogP contribution in [0.3, 0.4) is 0 Å². The predicted octanol–water partition coefficient (Wildman–Crippen LogP) is 2.91. The van der Waals surface area contributed by atoms with Gasteiger partial charge in [0.2, 0.25) is 0 Å². The number of hydrogen-bond donors (Lipinski definition) is 0. The van der Waals surface area contributed by atoms with Gasteiger partial charge in [-0.25, -0.2) is 8.42 Å². The van der Waals surface area contributed by atoms with Crippen LogP contribution in [0.15, 0.2) is 59.5 Å². The molecule has 0 aromatic heterocycles. The Balaban J connectivity index is 1.86. The molecule has 0 unspecified atom stereocenters. The summed E-state index contributed by atoms with van der Waals surface area (Å²) in [5, 5.41) is 0. The summed E-state index contributed by atoms with van der Waals surface area (Å²) in [6.07, 6.45) is 3.11. The lowest BCUT2D eigenvalue weighted by molar-refractivity contribution is 0.0507. The summed E-state index contributed by atoms with van der Waals surface area (Å²) < 4.78 is 29.3. The molecule has 138 valence electrons. The number of sulfone groups is 1. The Labute approximate surface area is 154 Å². The fourth-order valence-corrected chi connectivity index (χ4v) is 3.77. The molecule has 2 aromatic carbocycles. The number of carbonyl (C=O) groups excluding carboxylic acids is 1. The molecule has 0 N–H and O–H groups in total. The first-order valence-corrected chi connectivity index (χ1v) is 10.6. The quantitative estimate of drug-likeness (QED) is 0.781. The Morgan fingerprint density at radius 2 is 1.92 bits per heavy atom. The Morgan fingerprint density at radius 3 is 2.58 bits per heavy atom. The zero-order valence-electron chi connectivity index (χ0n) is 14.8. The molecule has 6 heteroatoms. The van der Waals surface area contributed by atoms with Gasteiger partial charge in [-0.3, -0.25) is 4.79 Å². The van der Waals surface area contributed by atoms with E-state index >= 15 is 0 Å². The van der Waals surface area contributed by atoms with Crippen LogP contribution in [0, 0.1) is 0 Å². The smallest absolute Gasteiger partial charge is 0.254 e. The van der Waals surface area contributed by atoms with Crippen LogP contribution in [0.5, 0.6) is 0 Å². The molecule has 1 atom stereocenters. The van der Waals surface area contributed by atoms with E-state index in [0.717, 1.165) is 31.3 Å². The molecule has 1 aliphatic rings. The van der Waals surface area contributed by atoms with Crippen molar-refractivity contribution in [3.05, 3.63) is 65.7 Å². The van der Waals surface area contributed by atoms with E-state index in [1.165, 1.54) is 12.1 Å². The van der Waals surface area contributed by atoms with Gasteiger partial charge in [0.15, 0.2) is 9.84 Å². The summed E-state index contributed by atoms with van der Waals surface area (Å²) in [5.41, 5.74) is 1.40. The van der Waals surface area contributed by atoms with Crippen molar-refractivity contribution >= 4 is 15.7 Å². The summed E-state index contributed by atoms with van der Waals surface area (Å²) in [6.45, 7) is 1.68. The summed E-state index contributed by atoms with van der Waals surface area (Å²) in [6, 6.07) is 16.0. The van der Waals surface area contributed by atoms with E-state index in [2.05, 4.69) is 0 Å². The van der Waals surface area contributed by atoms with Crippen molar-refractivity contribution < 1.29 is 17.9 Å². The highest BCUT2D eigenvalue weighted by atomic mass is 32.2. The Hall–Kier alpha value is -2.18. The standard InChI is InChI=1S/C20H23NO4S/c1-26(23,24)19-11-5-9-17(13-19)20(22)21(15-18-10-6-12-25-18)14-16-7-3-2-4-8-16/h2-5,7-9,11,13,18H,6,10,12,14-15H2,1H3/t18-/m0/s1. The third-order valence-corrected chi connectivity index (χ3v) is 5.57. The minimum atomic E-state index is -3.36. The predicted molar refractivity (Wildman–Crippen MR) is 99.7 cm³/mol. The lowest BCUT2D eigenvalue weighted by atomic mass is 10.1. The average Bonchev–Trinajstić information content (AvgIpc) is 3.14. The second-order valence-electron chi connectivity index (χ2n) is 6.61. The van der Waals surface area contributed by atoms with E-state index < -0.39 is 9.84 Å². The van der Waals surface area contributed by atoms with Gasteiger partial charge < -0.3 is 9.64 Å². The largest absolute Gasteiger partial charge is 0.376 e. The maximum absolute atomic E-state index is 13.1. The molecule has 1 heterocycles. The van der Waals surface area contributed by atoms with Gasteiger partial charge in [-0.15, -0.1) is 0 Å². The maximum Gasteiger partial charge on any atom is 0.254 e. The fraction of sp³-hybridized carbons (Fsp3) is 0.350. The summed E-state index contributed by atoms with van der Waals surface area (Å²) >= 11 is 0. The van der Waals surface area contributed by atoms with Gasteiger partial charge in [-0.05, 0) is 36.6 Å². The molecule has 0 saturated carbocycles. The first-order valence-electron chi connectivity index (χ1n) is 8.68. The van der Waals surface area contributed by atoms with Gasteiger partial charge in [0.1, 0.15) is 0 Å². The molecule has 2 aromatic rings. The second kappa shape index (κ2) is 8.01. The number of amides is 1. The van der Waals surface area contributed by atoms with Crippen molar-refractivity contribution in [3.8, 4) is 0 Å². The van der Waals surface area contributed by atoms with Crippen molar-refractivity contribution in [3.63, 3.8) is 0 Å². The van der Waals surface area contributed by atoms with Crippen molar-refractivity contribution in [2.24, 2.45) is 0 Å². The van der Waals surface area contributed by atoms with Gasteiger partial charge in [0.25, 0.3) is 5.91 Å². The zero-order chi connectivity index (χ0) is 18.6. The summed E-state index contributed by atoms with van der Waals surface area (Å²) in [4.78, 5) is 15.0. The second-order valence-corrected chi connectivity index (χ2v) is 8.62. The van der Waals surface area contributed by atoms with Crippen molar-refractivity contribution in [2.45, 2.75) is 30.4 Å². The molecule has 1 saturated heterocycles. The molecule has 0 bridgehead atoms. The van der Waals surface area contributed by atoms with E-state index in [1.54, 1.807) is 17.0 Å². The van der Waals surface area contributed by atoms with Crippen LogP contribution >= 0.6 is 0 Å². The molecule has 0 aliphatic carbocycles. The first-order chi connectivity index (χ1) is 12.4. The maximum atomic E-state index is 13.1. The van der Waals surface area contributed by atoms with Crippen molar-refractivity contribution in [2.75, 3.05) is 19.4 Å². The lowest BCUT2D eigenvalue weighted by Crippen LogP contribution is -2.37. The minimum absolute atomic E-state index is 0.0285. The number of carbonyl (C=O) groups is 1. The molecule has 3 rings (SSSR count). The first kappa shape index (κ1) is 18.6. The molecule has 1 fully saturated rings. The van der Waals surface area contributed by atoms with E-state index in [9.17, 15) is 13.2 Å². The molecule has 0 radical (unpaired) electrons. The van der Waals surface area contributed by atoms with Crippen LogP contribution in [-0.4, -0.2) is 44.7 Å². The Bertz CT molecular complexity index is 858. The average molecular weight is 373 g/mol. The van der Waals surface area contributed by atoms with E-state index in [1.807, 2.05) is 30.3 Å². The third kappa shape index (κ3) is 4.71. The van der Waals surface area contributed by atoms with Gasteiger partial charge in [0.05, 0.1) is 11.0 Å². The number of ether oxygens (including phenoxy) is 1. The SMILES string of the molecule is CS(=O)(=O)c1cccc(C(=O)N(Cc2ccccc2)C[C@@H]2CCCO2)c1. The molecule has 1 aliphatic heterocycles. The normalized spacial score (nSPS) is 17.2. The van der Waals surface area contributed by atoms with Crippen LogP contribution in [-0.2, 0) is 21.1 Å². The number of benzene rings is 2. The van der Waals surface area contributed by atoms with Crippen LogP contribution < -0.4 is 0 Å².